The highest BCUT2D eigenvalue weighted by Crippen LogP contribution is 2.31. The Hall–Kier alpha value is -2.32. The lowest BCUT2D eigenvalue weighted by Gasteiger charge is -2.34. The van der Waals surface area contributed by atoms with Crippen LogP contribution in [0.5, 0.6) is 0 Å². The van der Waals surface area contributed by atoms with Gasteiger partial charge in [0.1, 0.15) is 9.88 Å². The van der Waals surface area contributed by atoms with Gasteiger partial charge in [0, 0.05) is 38.6 Å². The smallest absolute Gasteiger partial charge is 0.265 e. The zero-order valence-electron chi connectivity index (χ0n) is 13.8. The number of carbonyl (C=O) groups is 1. The molecule has 4 heterocycles. The molecule has 6 nitrogen and oxygen atoms in total. The minimum absolute atomic E-state index is 0.0754. The lowest BCUT2D eigenvalue weighted by molar-refractivity contribution is 0.0750. The van der Waals surface area contributed by atoms with E-state index in [-0.39, 0.29) is 5.91 Å². The van der Waals surface area contributed by atoms with Gasteiger partial charge in [-0.15, -0.1) is 22.7 Å². The van der Waals surface area contributed by atoms with E-state index in [1.807, 2.05) is 29.3 Å². The molecule has 0 N–H and O–H groups in total. The number of rotatable bonds is 3. The standard InChI is InChI=1S/C17H17N5OS2/c1-12-14(25-15(20-12)13-4-2-11-24-13)16(23)21-7-9-22(10-8-21)17-18-5-3-6-19-17/h2-6,11H,7-10H2,1H3. The fourth-order valence-corrected chi connectivity index (χ4v) is 4.64. The summed E-state index contributed by atoms with van der Waals surface area (Å²) >= 11 is 3.13. The second-order valence-corrected chi connectivity index (χ2v) is 7.69. The van der Waals surface area contributed by atoms with E-state index in [9.17, 15) is 4.79 Å². The minimum Gasteiger partial charge on any atom is -0.337 e. The number of aromatic nitrogens is 3. The van der Waals surface area contributed by atoms with Gasteiger partial charge in [-0.3, -0.25) is 4.79 Å². The lowest BCUT2D eigenvalue weighted by atomic mass is 10.3. The third kappa shape index (κ3) is 3.27. The van der Waals surface area contributed by atoms with Gasteiger partial charge in [0.15, 0.2) is 0 Å². The number of thiophene rings is 1. The maximum atomic E-state index is 12.9. The summed E-state index contributed by atoms with van der Waals surface area (Å²) in [6, 6.07) is 5.85. The molecule has 0 radical (unpaired) electrons. The summed E-state index contributed by atoms with van der Waals surface area (Å²) in [7, 11) is 0. The van der Waals surface area contributed by atoms with Crippen LogP contribution in [0.15, 0.2) is 36.0 Å². The van der Waals surface area contributed by atoms with Crippen molar-refractivity contribution in [2.75, 3.05) is 31.1 Å². The Balaban J connectivity index is 1.46. The molecule has 1 aliphatic rings. The first-order valence-electron chi connectivity index (χ1n) is 8.05. The van der Waals surface area contributed by atoms with Gasteiger partial charge in [-0.25, -0.2) is 15.0 Å². The summed E-state index contributed by atoms with van der Waals surface area (Å²) < 4.78 is 0. The van der Waals surface area contributed by atoms with Gasteiger partial charge >= 0.3 is 0 Å². The predicted molar refractivity (Wildman–Crippen MR) is 100 cm³/mol. The van der Waals surface area contributed by atoms with Crippen LogP contribution < -0.4 is 4.90 Å². The number of aryl methyl sites for hydroxylation is 1. The van der Waals surface area contributed by atoms with Crippen molar-refractivity contribution < 1.29 is 4.79 Å². The number of anilines is 1. The highest BCUT2D eigenvalue weighted by Gasteiger charge is 2.26. The molecule has 4 rings (SSSR count). The molecular weight excluding hydrogens is 354 g/mol. The highest BCUT2D eigenvalue weighted by atomic mass is 32.1. The molecular formula is C17H17N5OS2. The molecule has 0 bridgehead atoms. The first-order valence-corrected chi connectivity index (χ1v) is 9.74. The summed E-state index contributed by atoms with van der Waals surface area (Å²) in [5.41, 5.74) is 0.812. The van der Waals surface area contributed by atoms with E-state index in [1.165, 1.54) is 11.3 Å². The summed E-state index contributed by atoms with van der Waals surface area (Å²) in [4.78, 5) is 31.9. The van der Waals surface area contributed by atoms with Crippen LogP contribution in [-0.4, -0.2) is 51.9 Å². The first-order chi connectivity index (χ1) is 12.2. The molecule has 0 spiro atoms. The maximum Gasteiger partial charge on any atom is 0.265 e. The molecule has 0 atom stereocenters. The second-order valence-electron chi connectivity index (χ2n) is 5.74. The quantitative estimate of drug-likeness (QED) is 0.708. The van der Waals surface area contributed by atoms with Gasteiger partial charge in [0.25, 0.3) is 5.91 Å². The number of hydrogen-bond acceptors (Lipinski definition) is 7. The van der Waals surface area contributed by atoms with E-state index in [1.54, 1.807) is 29.8 Å². The molecule has 0 saturated carbocycles. The molecule has 0 aromatic carbocycles. The number of amides is 1. The molecule has 3 aromatic heterocycles. The van der Waals surface area contributed by atoms with Gasteiger partial charge in [0.05, 0.1) is 10.6 Å². The van der Waals surface area contributed by atoms with E-state index >= 15 is 0 Å². The largest absolute Gasteiger partial charge is 0.337 e. The van der Waals surface area contributed by atoms with Gasteiger partial charge < -0.3 is 9.80 Å². The molecule has 1 amide bonds. The Kier molecular flexibility index (Phi) is 4.46. The molecule has 0 unspecified atom stereocenters. The number of nitrogens with zero attached hydrogens (tertiary/aromatic N) is 5. The van der Waals surface area contributed by atoms with Crippen molar-refractivity contribution in [1.82, 2.24) is 19.9 Å². The fraction of sp³-hybridized carbons (Fsp3) is 0.294. The van der Waals surface area contributed by atoms with Crippen molar-refractivity contribution in [3.8, 4) is 9.88 Å². The van der Waals surface area contributed by atoms with Crippen LogP contribution >= 0.6 is 22.7 Å². The zero-order chi connectivity index (χ0) is 17.2. The van der Waals surface area contributed by atoms with Crippen molar-refractivity contribution in [2.24, 2.45) is 0 Å². The fourth-order valence-electron chi connectivity index (χ4n) is 2.81. The van der Waals surface area contributed by atoms with Gasteiger partial charge in [0.2, 0.25) is 5.95 Å². The Labute approximate surface area is 153 Å². The van der Waals surface area contributed by atoms with Crippen LogP contribution in [0, 0.1) is 6.92 Å². The summed E-state index contributed by atoms with van der Waals surface area (Å²) in [6.07, 6.45) is 3.49. The highest BCUT2D eigenvalue weighted by molar-refractivity contribution is 7.22. The van der Waals surface area contributed by atoms with Crippen molar-refractivity contribution in [2.45, 2.75) is 6.92 Å². The molecule has 3 aromatic rings. The summed E-state index contributed by atoms with van der Waals surface area (Å²) in [6.45, 7) is 4.73. The normalized spacial score (nSPS) is 14.8. The molecule has 1 aliphatic heterocycles. The Bertz CT molecular complexity index is 855. The monoisotopic (exact) mass is 371 g/mol. The summed E-state index contributed by atoms with van der Waals surface area (Å²) in [5, 5.41) is 2.95. The van der Waals surface area contributed by atoms with Gasteiger partial charge in [-0.05, 0) is 24.4 Å². The van der Waals surface area contributed by atoms with Crippen molar-refractivity contribution in [3.05, 3.63) is 46.5 Å². The number of piperazine rings is 1. The van der Waals surface area contributed by atoms with E-state index < -0.39 is 0 Å². The minimum atomic E-state index is 0.0754. The van der Waals surface area contributed by atoms with Gasteiger partial charge in [-0.2, -0.15) is 0 Å². The Morgan fingerprint density at radius 1 is 1.12 bits per heavy atom. The number of hydrogen-bond donors (Lipinski definition) is 0. The third-order valence-electron chi connectivity index (χ3n) is 4.12. The lowest BCUT2D eigenvalue weighted by Crippen LogP contribution is -2.49. The van der Waals surface area contributed by atoms with Crippen LogP contribution in [0.2, 0.25) is 0 Å². The van der Waals surface area contributed by atoms with Crippen LogP contribution in [-0.2, 0) is 0 Å². The molecule has 25 heavy (non-hydrogen) atoms. The van der Waals surface area contributed by atoms with E-state index in [2.05, 4.69) is 19.9 Å². The first kappa shape index (κ1) is 16.2. The van der Waals surface area contributed by atoms with Gasteiger partial charge in [-0.1, -0.05) is 6.07 Å². The average molecular weight is 371 g/mol. The summed E-state index contributed by atoms with van der Waals surface area (Å²) in [5.74, 6) is 0.801. The Morgan fingerprint density at radius 3 is 2.56 bits per heavy atom. The third-order valence-corrected chi connectivity index (χ3v) is 6.31. The van der Waals surface area contributed by atoms with Crippen molar-refractivity contribution in [1.29, 1.82) is 0 Å². The topological polar surface area (TPSA) is 62.2 Å². The number of carbonyl (C=O) groups excluding carboxylic acids is 1. The molecule has 0 aliphatic carbocycles. The second kappa shape index (κ2) is 6.89. The van der Waals surface area contributed by atoms with Crippen LogP contribution in [0.1, 0.15) is 15.4 Å². The SMILES string of the molecule is Cc1nc(-c2cccs2)sc1C(=O)N1CCN(c2ncccn2)CC1. The van der Waals surface area contributed by atoms with Crippen LogP contribution in [0.3, 0.4) is 0 Å². The zero-order valence-corrected chi connectivity index (χ0v) is 15.4. The predicted octanol–water partition coefficient (Wildman–Crippen LogP) is 2.93. The number of thiazole rings is 1. The maximum absolute atomic E-state index is 12.9. The van der Waals surface area contributed by atoms with Crippen LogP contribution in [0.4, 0.5) is 5.95 Å². The van der Waals surface area contributed by atoms with E-state index in [0.29, 0.717) is 13.1 Å². The molecule has 1 saturated heterocycles. The van der Waals surface area contributed by atoms with Crippen LogP contribution in [0.25, 0.3) is 9.88 Å². The van der Waals surface area contributed by atoms with E-state index in [4.69, 9.17) is 0 Å². The van der Waals surface area contributed by atoms with E-state index in [0.717, 1.165) is 39.5 Å². The van der Waals surface area contributed by atoms with Crippen molar-refractivity contribution in [3.63, 3.8) is 0 Å². The average Bonchev–Trinajstić information content (AvgIpc) is 3.32. The molecule has 1 fully saturated rings. The van der Waals surface area contributed by atoms with Crippen molar-refractivity contribution >= 4 is 34.5 Å². The molecule has 128 valence electrons. The Morgan fingerprint density at radius 2 is 1.88 bits per heavy atom. The molecule has 8 heteroatoms.